The summed E-state index contributed by atoms with van der Waals surface area (Å²) in [6.07, 6.45) is 9.52. The van der Waals surface area contributed by atoms with Crippen LogP contribution in [-0.4, -0.2) is 5.78 Å². The SMILES string of the molecule is CC1=C(C=C2C=c3ccccc3=C(C)C2=O)C(C)(C)CC=C1. The topological polar surface area (TPSA) is 17.1 Å². The molecule has 1 aromatic rings. The van der Waals surface area contributed by atoms with Gasteiger partial charge in [-0.1, -0.05) is 50.3 Å². The van der Waals surface area contributed by atoms with Crippen molar-refractivity contribution in [3.05, 3.63) is 69.7 Å². The summed E-state index contributed by atoms with van der Waals surface area (Å²) in [5.74, 6) is 0.143. The van der Waals surface area contributed by atoms with Crippen molar-refractivity contribution in [2.24, 2.45) is 5.41 Å². The number of hydrogen-bond acceptors (Lipinski definition) is 1. The van der Waals surface area contributed by atoms with Crippen molar-refractivity contribution in [3.63, 3.8) is 0 Å². The zero-order valence-corrected chi connectivity index (χ0v) is 13.7. The highest BCUT2D eigenvalue weighted by atomic mass is 16.1. The van der Waals surface area contributed by atoms with Crippen molar-refractivity contribution in [1.29, 1.82) is 0 Å². The van der Waals surface area contributed by atoms with E-state index >= 15 is 0 Å². The van der Waals surface area contributed by atoms with Crippen LogP contribution in [0.25, 0.3) is 11.6 Å². The molecule has 0 bridgehead atoms. The summed E-state index contributed by atoms with van der Waals surface area (Å²) >= 11 is 0. The zero-order valence-electron chi connectivity index (χ0n) is 13.7. The fourth-order valence-corrected chi connectivity index (χ4v) is 3.37. The Morgan fingerprint density at radius 2 is 1.86 bits per heavy atom. The number of Topliss-reactive ketones (excluding diaryl/α,β-unsaturated/α-hetero) is 1. The highest BCUT2D eigenvalue weighted by molar-refractivity contribution is 6.28. The van der Waals surface area contributed by atoms with Gasteiger partial charge in [0.1, 0.15) is 0 Å². The van der Waals surface area contributed by atoms with Gasteiger partial charge in [-0.25, -0.2) is 0 Å². The first-order valence-electron chi connectivity index (χ1n) is 7.82. The minimum atomic E-state index is 0.0742. The van der Waals surface area contributed by atoms with Gasteiger partial charge in [0.05, 0.1) is 0 Å². The van der Waals surface area contributed by atoms with Gasteiger partial charge in [-0.2, -0.15) is 0 Å². The smallest absolute Gasteiger partial charge is 0.189 e. The number of ketones is 1. The van der Waals surface area contributed by atoms with Crippen LogP contribution in [0.5, 0.6) is 0 Å². The predicted octanol–water partition coefficient (Wildman–Crippen LogP) is 3.45. The fourth-order valence-electron chi connectivity index (χ4n) is 3.37. The van der Waals surface area contributed by atoms with E-state index in [2.05, 4.69) is 45.1 Å². The number of hydrogen-bond donors (Lipinski definition) is 0. The van der Waals surface area contributed by atoms with Crippen molar-refractivity contribution in [2.45, 2.75) is 34.1 Å². The van der Waals surface area contributed by atoms with Crippen molar-refractivity contribution >= 4 is 17.4 Å². The molecular formula is C21H22O. The van der Waals surface area contributed by atoms with Crippen molar-refractivity contribution < 1.29 is 4.79 Å². The average molecular weight is 290 g/mol. The van der Waals surface area contributed by atoms with E-state index in [0.29, 0.717) is 0 Å². The number of benzene rings is 1. The second-order valence-electron chi connectivity index (χ2n) is 6.87. The first kappa shape index (κ1) is 14.8. The van der Waals surface area contributed by atoms with E-state index in [0.717, 1.165) is 28.0 Å². The van der Waals surface area contributed by atoms with Crippen LogP contribution >= 0.6 is 0 Å². The Balaban J connectivity index is 2.20. The number of carbonyl (C=O) groups excluding carboxylic acids is 1. The molecule has 0 N–H and O–H groups in total. The van der Waals surface area contributed by atoms with Gasteiger partial charge in [0.25, 0.3) is 0 Å². The molecule has 0 aliphatic heterocycles. The third-order valence-corrected chi connectivity index (χ3v) is 4.73. The number of fused-ring (bicyclic) bond motifs is 1. The summed E-state index contributed by atoms with van der Waals surface area (Å²) in [5, 5.41) is 2.19. The Bertz CT molecular complexity index is 857. The minimum Gasteiger partial charge on any atom is -0.289 e. The van der Waals surface area contributed by atoms with Gasteiger partial charge in [-0.05, 0) is 59.4 Å². The summed E-state index contributed by atoms with van der Waals surface area (Å²) in [5.41, 5.74) is 4.23. The standard InChI is InChI=1S/C21H22O/c1-14-8-7-11-21(3,4)19(14)13-17-12-16-9-5-6-10-18(16)15(2)20(17)22/h5-10,12-13H,11H2,1-4H3. The maximum atomic E-state index is 12.7. The molecule has 0 amide bonds. The molecule has 2 aliphatic rings. The first-order chi connectivity index (χ1) is 10.4. The van der Waals surface area contributed by atoms with E-state index in [1.807, 2.05) is 31.2 Å². The van der Waals surface area contributed by atoms with Crippen LogP contribution in [-0.2, 0) is 4.79 Å². The second kappa shape index (κ2) is 5.24. The molecule has 0 atom stereocenters. The van der Waals surface area contributed by atoms with Crippen molar-refractivity contribution in [2.75, 3.05) is 0 Å². The Kier molecular flexibility index (Phi) is 3.52. The lowest BCUT2D eigenvalue weighted by atomic mass is 9.74. The molecule has 1 aromatic carbocycles. The minimum absolute atomic E-state index is 0.0742. The molecule has 0 radical (unpaired) electrons. The summed E-state index contributed by atoms with van der Waals surface area (Å²) in [6, 6.07) is 8.10. The second-order valence-corrected chi connectivity index (χ2v) is 6.87. The van der Waals surface area contributed by atoms with E-state index < -0.39 is 0 Å². The summed E-state index contributed by atoms with van der Waals surface area (Å²) in [4.78, 5) is 12.7. The number of allylic oxidation sites excluding steroid dienone is 6. The molecule has 2 aliphatic carbocycles. The largest absolute Gasteiger partial charge is 0.289 e. The lowest BCUT2D eigenvalue weighted by Crippen LogP contribution is -2.33. The van der Waals surface area contributed by atoms with Crippen LogP contribution in [0.3, 0.4) is 0 Å². The van der Waals surface area contributed by atoms with E-state index in [9.17, 15) is 4.79 Å². The van der Waals surface area contributed by atoms with Crippen LogP contribution in [0, 0.1) is 5.41 Å². The van der Waals surface area contributed by atoms with Gasteiger partial charge in [0.15, 0.2) is 5.78 Å². The highest BCUT2D eigenvalue weighted by Gasteiger charge is 2.26. The van der Waals surface area contributed by atoms with Gasteiger partial charge in [-0.3, -0.25) is 4.79 Å². The van der Waals surface area contributed by atoms with E-state index in [1.165, 1.54) is 11.1 Å². The van der Waals surface area contributed by atoms with Crippen LogP contribution in [0.4, 0.5) is 0 Å². The molecule has 1 nitrogen and oxygen atoms in total. The van der Waals surface area contributed by atoms with Gasteiger partial charge >= 0.3 is 0 Å². The highest BCUT2D eigenvalue weighted by Crippen LogP contribution is 2.38. The van der Waals surface area contributed by atoms with Crippen LogP contribution in [0.15, 0.2) is 59.2 Å². The normalized spacial score (nSPS) is 21.9. The van der Waals surface area contributed by atoms with E-state index in [4.69, 9.17) is 0 Å². The average Bonchev–Trinajstić information content (AvgIpc) is 2.47. The molecule has 1 heteroatoms. The fraction of sp³-hybridized carbons (Fsp3) is 0.286. The summed E-state index contributed by atoms with van der Waals surface area (Å²) < 4.78 is 0. The molecule has 0 unspecified atom stereocenters. The van der Waals surface area contributed by atoms with E-state index in [-0.39, 0.29) is 11.2 Å². The Hall–Kier alpha value is -2.15. The quantitative estimate of drug-likeness (QED) is 0.724. The van der Waals surface area contributed by atoms with Gasteiger partial charge in [0.2, 0.25) is 0 Å². The summed E-state index contributed by atoms with van der Waals surface area (Å²) in [7, 11) is 0. The van der Waals surface area contributed by atoms with Gasteiger partial charge in [-0.15, -0.1) is 0 Å². The Morgan fingerprint density at radius 1 is 1.14 bits per heavy atom. The molecule has 0 fully saturated rings. The zero-order chi connectivity index (χ0) is 15.9. The van der Waals surface area contributed by atoms with Crippen LogP contribution in [0.1, 0.15) is 34.1 Å². The molecular weight excluding hydrogens is 268 g/mol. The van der Waals surface area contributed by atoms with Gasteiger partial charge in [0, 0.05) is 11.1 Å². The molecule has 0 spiro atoms. The molecule has 0 heterocycles. The predicted molar refractivity (Wildman–Crippen MR) is 92.6 cm³/mol. The molecule has 0 saturated carbocycles. The molecule has 0 saturated heterocycles. The molecule has 0 aromatic heterocycles. The number of rotatable bonds is 1. The van der Waals surface area contributed by atoms with Crippen molar-refractivity contribution in [3.8, 4) is 0 Å². The lowest BCUT2D eigenvalue weighted by Gasteiger charge is -2.30. The van der Waals surface area contributed by atoms with Crippen LogP contribution in [0.2, 0.25) is 0 Å². The summed E-state index contributed by atoms with van der Waals surface area (Å²) in [6.45, 7) is 8.53. The Morgan fingerprint density at radius 3 is 2.59 bits per heavy atom. The molecule has 3 rings (SSSR count). The maximum Gasteiger partial charge on any atom is 0.189 e. The molecule has 112 valence electrons. The third-order valence-electron chi connectivity index (χ3n) is 4.73. The van der Waals surface area contributed by atoms with Crippen LogP contribution < -0.4 is 10.4 Å². The van der Waals surface area contributed by atoms with Gasteiger partial charge < -0.3 is 0 Å². The monoisotopic (exact) mass is 290 g/mol. The Labute approximate surface area is 132 Å². The first-order valence-corrected chi connectivity index (χ1v) is 7.82. The van der Waals surface area contributed by atoms with Crippen molar-refractivity contribution in [1.82, 2.24) is 0 Å². The lowest BCUT2D eigenvalue weighted by molar-refractivity contribution is -0.110. The van der Waals surface area contributed by atoms with E-state index in [1.54, 1.807) is 0 Å². The third kappa shape index (κ3) is 2.41. The maximum absolute atomic E-state index is 12.7. The number of carbonyl (C=O) groups is 1. The molecule has 22 heavy (non-hydrogen) atoms.